The van der Waals surface area contributed by atoms with Crippen LogP contribution >= 0.6 is 0 Å². The summed E-state index contributed by atoms with van der Waals surface area (Å²) in [5.74, 6) is 0.549. The number of esters is 1. The maximum absolute atomic E-state index is 11.6. The second kappa shape index (κ2) is 7.71. The van der Waals surface area contributed by atoms with Crippen molar-refractivity contribution in [2.24, 2.45) is 0 Å². The van der Waals surface area contributed by atoms with E-state index in [1.165, 1.54) is 0 Å². The Balaban J connectivity index is 2.86. The third kappa shape index (κ3) is 4.85. The lowest BCUT2D eigenvalue weighted by molar-refractivity contribution is -0.141. The molecule has 5 nitrogen and oxygen atoms in total. The van der Waals surface area contributed by atoms with E-state index in [1.54, 1.807) is 6.33 Å². The fourth-order valence-electron chi connectivity index (χ4n) is 1.81. The van der Waals surface area contributed by atoms with Crippen molar-refractivity contribution in [1.29, 1.82) is 0 Å². The van der Waals surface area contributed by atoms with Gasteiger partial charge < -0.3 is 9.64 Å². The predicted octanol–water partition coefficient (Wildman–Crippen LogP) is 2.21. The van der Waals surface area contributed by atoms with Crippen LogP contribution in [-0.4, -0.2) is 35.1 Å². The summed E-state index contributed by atoms with van der Waals surface area (Å²) in [6.07, 6.45) is 3.51. The van der Waals surface area contributed by atoms with Crippen molar-refractivity contribution in [1.82, 2.24) is 9.97 Å². The number of hydrogen-bond donors (Lipinski definition) is 0. The van der Waals surface area contributed by atoms with Gasteiger partial charge in [-0.05, 0) is 27.2 Å². The Morgan fingerprint density at radius 1 is 1.37 bits per heavy atom. The van der Waals surface area contributed by atoms with Gasteiger partial charge in [-0.25, -0.2) is 9.97 Å². The summed E-state index contributed by atoms with van der Waals surface area (Å²) >= 11 is 0. The number of nitrogens with zero attached hydrogens (tertiary/aromatic N) is 3. The molecule has 0 saturated heterocycles. The van der Waals surface area contributed by atoms with Crippen molar-refractivity contribution >= 4 is 11.8 Å². The van der Waals surface area contributed by atoms with Crippen molar-refractivity contribution in [2.45, 2.75) is 46.6 Å². The van der Waals surface area contributed by atoms with Crippen molar-refractivity contribution in [3.05, 3.63) is 18.1 Å². The highest BCUT2D eigenvalue weighted by atomic mass is 16.5. The third-order valence-corrected chi connectivity index (χ3v) is 2.74. The summed E-state index contributed by atoms with van der Waals surface area (Å²) in [5, 5.41) is 0. The van der Waals surface area contributed by atoms with E-state index in [2.05, 4.69) is 16.9 Å². The Labute approximate surface area is 115 Å². The third-order valence-electron chi connectivity index (χ3n) is 2.74. The van der Waals surface area contributed by atoms with Crippen molar-refractivity contribution in [3.63, 3.8) is 0 Å². The van der Waals surface area contributed by atoms with Crippen LogP contribution < -0.4 is 4.90 Å². The molecular formula is C14H23N3O2. The lowest BCUT2D eigenvalue weighted by atomic mass is 10.2. The molecule has 0 atom stereocenters. The first kappa shape index (κ1) is 15.4. The van der Waals surface area contributed by atoms with Crippen LogP contribution in [0.3, 0.4) is 0 Å². The largest absolute Gasteiger partial charge is 0.465 e. The lowest BCUT2D eigenvalue weighted by Crippen LogP contribution is -2.37. The fourth-order valence-corrected chi connectivity index (χ4v) is 1.81. The number of ether oxygens (including phenoxy) is 1. The Morgan fingerprint density at radius 3 is 2.68 bits per heavy atom. The molecule has 0 radical (unpaired) electrons. The molecule has 5 heteroatoms. The highest BCUT2D eigenvalue weighted by Crippen LogP contribution is 2.15. The highest BCUT2D eigenvalue weighted by molar-refractivity contribution is 5.75. The molecule has 1 aromatic rings. The van der Waals surface area contributed by atoms with Crippen molar-refractivity contribution in [3.8, 4) is 0 Å². The number of carbonyl (C=O) groups excluding carboxylic acids is 1. The topological polar surface area (TPSA) is 55.3 Å². The van der Waals surface area contributed by atoms with E-state index in [4.69, 9.17) is 4.74 Å². The molecular weight excluding hydrogens is 242 g/mol. The van der Waals surface area contributed by atoms with E-state index >= 15 is 0 Å². The molecule has 0 bridgehead atoms. The van der Waals surface area contributed by atoms with E-state index < -0.39 is 0 Å². The van der Waals surface area contributed by atoms with Gasteiger partial charge in [0.1, 0.15) is 18.7 Å². The van der Waals surface area contributed by atoms with Gasteiger partial charge in [-0.1, -0.05) is 13.3 Å². The number of rotatable bonds is 7. The molecule has 106 valence electrons. The molecule has 0 saturated carbocycles. The second-order valence-electron chi connectivity index (χ2n) is 4.64. The van der Waals surface area contributed by atoms with Gasteiger partial charge in [0.05, 0.1) is 6.61 Å². The molecule has 0 aromatic carbocycles. The van der Waals surface area contributed by atoms with Gasteiger partial charge >= 0.3 is 5.97 Å². The average molecular weight is 265 g/mol. The summed E-state index contributed by atoms with van der Waals surface area (Å²) in [6.45, 7) is 8.59. The maximum Gasteiger partial charge on any atom is 0.325 e. The molecule has 1 heterocycles. The zero-order valence-corrected chi connectivity index (χ0v) is 12.2. The molecule has 0 aliphatic rings. The summed E-state index contributed by atoms with van der Waals surface area (Å²) < 4.78 is 5.00. The first-order chi connectivity index (χ1) is 9.08. The van der Waals surface area contributed by atoms with Crippen LogP contribution in [-0.2, 0) is 16.0 Å². The molecule has 0 aliphatic carbocycles. The quantitative estimate of drug-likeness (QED) is 0.707. The molecule has 0 fully saturated rings. The Morgan fingerprint density at radius 2 is 2.11 bits per heavy atom. The van der Waals surface area contributed by atoms with E-state index in [9.17, 15) is 4.79 Å². The Bertz CT molecular complexity index is 407. The minimum atomic E-state index is -0.230. The van der Waals surface area contributed by atoms with Crippen LogP contribution in [0.2, 0.25) is 0 Å². The minimum absolute atomic E-state index is 0.175. The molecule has 0 spiro atoms. The number of carbonyl (C=O) groups is 1. The molecule has 0 aliphatic heterocycles. The maximum atomic E-state index is 11.6. The van der Waals surface area contributed by atoms with Crippen LogP contribution in [0.4, 0.5) is 5.82 Å². The summed E-state index contributed by atoms with van der Waals surface area (Å²) in [5.41, 5.74) is 1.00. The van der Waals surface area contributed by atoms with E-state index in [0.717, 1.165) is 24.4 Å². The van der Waals surface area contributed by atoms with Gasteiger partial charge in [-0.3, -0.25) is 4.79 Å². The summed E-state index contributed by atoms with van der Waals surface area (Å²) in [6, 6.07) is 2.12. The molecule has 1 rings (SSSR count). The van der Waals surface area contributed by atoms with Crippen LogP contribution in [0.15, 0.2) is 12.4 Å². The smallest absolute Gasteiger partial charge is 0.325 e. The number of aryl methyl sites for hydroxylation is 1. The SMILES string of the molecule is CCCc1cc(N(CC(=O)OCC)C(C)C)ncn1. The van der Waals surface area contributed by atoms with Crippen molar-refractivity contribution < 1.29 is 9.53 Å². The van der Waals surface area contributed by atoms with Gasteiger partial charge in [0, 0.05) is 17.8 Å². The Kier molecular flexibility index (Phi) is 6.25. The molecule has 0 amide bonds. The van der Waals surface area contributed by atoms with E-state index in [1.807, 2.05) is 31.7 Å². The van der Waals surface area contributed by atoms with Crippen LogP contribution in [0, 0.1) is 0 Å². The van der Waals surface area contributed by atoms with E-state index in [-0.39, 0.29) is 18.6 Å². The zero-order valence-electron chi connectivity index (χ0n) is 12.2. The summed E-state index contributed by atoms with van der Waals surface area (Å²) in [7, 11) is 0. The molecule has 1 aromatic heterocycles. The number of aromatic nitrogens is 2. The van der Waals surface area contributed by atoms with Crippen LogP contribution in [0.1, 0.15) is 39.8 Å². The summed E-state index contributed by atoms with van der Waals surface area (Å²) in [4.78, 5) is 22.1. The average Bonchev–Trinajstić information content (AvgIpc) is 2.37. The van der Waals surface area contributed by atoms with Crippen molar-refractivity contribution in [2.75, 3.05) is 18.1 Å². The Hall–Kier alpha value is -1.65. The van der Waals surface area contributed by atoms with Gasteiger partial charge in [0.2, 0.25) is 0 Å². The highest BCUT2D eigenvalue weighted by Gasteiger charge is 2.17. The lowest BCUT2D eigenvalue weighted by Gasteiger charge is -2.26. The number of anilines is 1. The van der Waals surface area contributed by atoms with Gasteiger partial charge in [0.25, 0.3) is 0 Å². The minimum Gasteiger partial charge on any atom is -0.465 e. The van der Waals surface area contributed by atoms with Gasteiger partial charge in [-0.15, -0.1) is 0 Å². The fraction of sp³-hybridized carbons (Fsp3) is 0.643. The van der Waals surface area contributed by atoms with Crippen LogP contribution in [0.25, 0.3) is 0 Å². The predicted molar refractivity (Wildman–Crippen MR) is 75.1 cm³/mol. The standard InChI is InChI=1S/C14H23N3O2/c1-5-7-12-8-13(16-10-15-12)17(11(3)4)9-14(18)19-6-2/h8,10-11H,5-7,9H2,1-4H3. The molecule has 0 unspecified atom stereocenters. The first-order valence-corrected chi connectivity index (χ1v) is 6.81. The first-order valence-electron chi connectivity index (χ1n) is 6.81. The zero-order chi connectivity index (χ0) is 14.3. The van der Waals surface area contributed by atoms with E-state index in [0.29, 0.717) is 6.61 Å². The molecule has 19 heavy (non-hydrogen) atoms. The number of hydrogen-bond acceptors (Lipinski definition) is 5. The second-order valence-corrected chi connectivity index (χ2v) is 4.64. The molecule has 0 N–H and O–H groups in total. The van der Waals surface area contributed by atoms with Crippen LogP contribution in [0.5, 0.6) is 0 Å². The monoisotopic (exact) mass is 265 g/mol. The van der Waals surface area contributed by atoms with Gasteiger partial charge in [0.15, 0.2) is 0 Å². The van der Waals surface area contributed by atoms with Gasteiger partial charge in [-0.2, -0.15) is 0 Å². The normalized spacial score (nSPS) is 10.6.